The van der Waals surface area contributed by atoms with Crippen LogP contribution in [0.25, 0.3) is 11.0 Å². The van der Waals surface area contributed by atoms with E-state index in [1.54, 1.807) is 0 Å². The lowest BCUT2D eigenvalue weighted by Gasteiger charge is -2.32. The Kier molecular flexibility index (Phi) is 3.96. The van der Waals surface area contributed by atoms with Gasteiger partial charge >= 0.3 is 0 Å². The Morgan fingerprint density at radius 3 is 2.78 bits per heavy atom. The number of fused-ring (bicyclic) bond motifs is 1. The summed E-state index contributed by atoms with van der Waals surface area (Å²) < 4.78 is 5.86. The number of aromatic nitrogens is 3. The van der Waals surface area contributed by atoms with E-state index in [9.17, 15) is 0 Å². The minimum Gasteiger partial charge on any atom is -0.369 e. The summed E-state index contributed by atoms with van der Waals surface area (Å²) in [5, 5.41) is 0. The van der Waals surface area contributed by atoms with Gasteiger partial charge in [0.25, 0.3) is 0 Å². The third-order valence-corrected chi connectivity index (χ3v) is 4.05. The summed E-state index contributed by atoms with van der Waals surface area (Å²) in [4.78, 5) is 16.0. The Labute approximate surface area is 135 Å². The molecule has 5 nitrogen and oxygen atoms in total. The molecule has 1 aliphatic heterocycles. The first kappa shape index (κ1) is 14.2. The summed E-state index contributed by atoms with van der Waals surface area (Å²) in [6, 6.07) is 13.9. The van der Waals surface area contributed by atoms with Crippen LogP contribution in [0.3, 0.4) is 0 Å². The number of hydrogen-bond acceptors (Lipinski definition) is 5. The highest BCUT2D eigenvalue weighted by Gasteiger charge is 2.23. The minimum atomic E-state index is 0.0263. The highest BCUT2D eigenvalue weighted by molar-refractivity contribution is 5.73. The molecule has 1 atom stereocenters. The maximum Gasteiger partial charge on any atom is 0.112 e. The normalized spacial score (nSPS) is 19.0. The molecule has 23 heavy (non-hydrogen) atoms. The number of morpholine rings is 1. The van der Waals surface area contributed by atoms with Crippen molar-refractivity contribution >= 4 is 11.0 Å². The Balaban J connectivity index is 1.49. The number of para-hydroxylation sites is 2. The van der Waals surface area contributed by atoms with Gasteiger partial charge in [0.1, 0.15) is 6.10 Å². The Morgan fingerprint density at radius 1 is 1.04 bits per heavy atom. The summed E-state index contributed by atoms with van der Waals surface area (Å²) in [6.07, 6.45) is 3.71. The van der Waals surface area contributed by atoms with Crippen molar-refractivity contribution in [2.45, 2.75) is 12.6 Å². The first-order valence-electron chi connectivity index (χ1n) is 7.84. The average Bonchev–Trinajstić information content (AvgIpc) is 2.63. The molecule has 3 aromatic rings. The lowest BCUT2D eigenvalue weighted by Crippen LogP contribution is -2.38. The lowest BCUT2D eigenvalue weighted by atomic mass is 10.2. The predicted molar refractivity (Wildman–Crippen MR) is 87.7 cm³/mol. The van der Waals surface area contributed by atoms with E-state index < -0.39 is 0 Å². The summed E-state index contributed by atoms with van der Waals surface area (Å²) in [5.41, 5.74) is 3.86. The summed E-state index contributed by atoms with van der Waals surface area (Å²) in [7, 11) is 0. The fourth-order valence-electron chi connectivity index (χ4n) is 2.89. The van der Waals surface area contributed by atoms with Gasteiger partial charge in [-0.2, -0.15) is 0 Å². The van der Waals surface area contributed by atoms with Crippen molar-refractivity contribution in [3.8, 4) is 0 Å². The molecule has 2 aromatic heterocycles. The van der Waals surface area contributed by atoms with E-state index in [1.807, 2.05) is 54.9 Å². The fourth-order valence-corrected chi connectivity index (χ4v) is 2.89. The van der Waals surface area contributed by atoms with Crippen molar-refractivity contribution in [2.75, 3.05) is 19.7 Å². The van der Waals surface area contributed by atoms with Gasteiger partial charge in [-0.1, -0.05) is 18.2 Å². The largest absolute Gasteiger partial charge is 0.369 e. The second kappa shape index (κ2) is 6.40. The van der Waals surface area contributed by atoms with Gasteiger partial charge < -0.3 is 4.74 Å². The van der Waals surface area contributed by atoms with E-state index in [2.05, 4.69) is 14.9 Å². The smallest absolute Gasteiger partial charge is 0.112 e. The second-order valence-electron chi connectivity index (χ2n) is 5.70. The van der Waals surface area contributed by atoms with Gasteiger partial charge in [0.05, 0.1) is 35.2 Å². The van der Waals surface area contributed by atoms with Gasteiger partial charge in [-0.05, 0) is 24.3 Å². The average molecular weight is 306 g/mol. The van der Waals surface area contributed by atoms with Crippen molar-refractivity contribution in [3.63, 3.8) is 0 Å². The molecule has 0 amide bonds. The van der Waals surface area contributed by atoms with Crippen molar-refractivity contribution in [1.82, 2.24) is 19.9 Å². The zero-order valence-electron chi connectivity index (χ0n) is 12.8. The molecule has 4 rings (SSSR count). The predicted octanol–water partition coefficient (Wildman–Crippen LogP) is 2.60. The summed E-state index contributed by atoms with van der Waals surface area (Å²) in [5.74, 6) is 0. The van der Waals surface area contributed by atoms with Crippen molar-refractivity contribution in [3.05, 3.63) is 66.2 Å². The molecule has 5 heteroatoms. The summed E-state index contributed by atoms with van der Waals surface area (Å²) in [6.45, 7) is 3.22. The van der Waals surface area contributed by atoms with Crippen LogP contribution in [0, 0.1) is 0 Å². The second-order valence-corrected chi connectivity index (χ2v) is 5.70. The number of rotatable bonds is 3. The highest BCUT2D eigenvalue weighted by Crippen LogP contribution is 2.21. The van der Waals surface area contributed by atoms with Crippen LogP contribution in [0.4, 0.5) is 0 Å². The van der Waals surface area contributed by atoms with Crippen LogP contribution in [0.5, 0.6) is 0 Å². The molecule has 0 radical (unpaired) electrons. The van der Waals surface area contributed by atoms with Crippen LogP contribution in [-0.4, -0.2) is 39.5 Å². The van der Waals surface area contributed by atoms with Gasteiger partial charge in [0, 0.05) is 25.8 Å². The highest BCUT2D eigenvalue weighted by atomic mass is 16.5. The standard InChI is InChI=1S/C18H18N4O/c1-2-6-16-15(5-1)20-11-14(21-16)12-22-9-10-23-18(13-22)17-7-3-4-8-19-17/h1-8,11,18H,9-10,12-13H2. The molecule has 1 saturated heterocycles. The molecule has 0 bridgehead atoms. The van der Waals surface area contributed by atoms with E-state index in [1.165, 1.54) is 0 Å². The van der Waals surface area contributed by atoms with Crippen LogP contribution >= 0.6 is 0 Å². The molecule has 0 spiro atoms. The third-order valence-electron chi connectivity index (χ3n) is 4.05. The maximum absolute atomic E-state index is 5.86. The van der Waals surface area contributed by atoms with Gasteiger partial charge in [-0.3, -0.25) is 14.9 Å². The van der Waals surface area contributed by atoms with Crippen LogP contribution in [0.2, 0.25) is 0 Å². The van der Waals surface area contributed by atoms with Gasteiger partial charge in [0.15, 0.2) is 0 Å². The van der Waals surface area contributed by atoms with E-state index in [0.717, 1.165) is 42.1 Å². The Bertz CT molecular complexity index is 793. The number of hydrogen-bond donors (Lipinski definition) is 0. The van der Waals surface area contributed by atoms with Crippen LogP contribution in [0.15, 0.2) is 54.9 Å². The molecule has 1 aliphatic rings. The van der Waals surface area contributed by atoms with E-state index >= 15 is 0 Å². The van der Waals surface area contributed by atoms with Crippen LogP contribution in [-0.2, 0) is 11.3 Å². The fraction of sp³-hybridized carbons (Fsp3) is 0.278. The molecular weight excluding hydrogens is 288 g/mol. The molecule has 0 aliphatic carbocycles. The topological polar surface area (TPSA) is 51.1 Å². The molecule has 1 aromatic carbocycles. The lowest BCUT2D eigenvalue weighted by molar-refractivity contribution is -0.0353. The van der Waals surface area contributed by atoms with Crippen molar-refractivity contribution in [2.24, 2.45) is 0 Å². The first-order chi connectivity index (χ1) is 11.4. The minimum absolute atomic E-state index is 0.0263. The van der Waals surface area contributed by atoms with E-state index in [0.29, 0.717) is 6.61 Å². The van der Waals surface area contributed by atoms with E-state index in [4.69, 9.17) is 9.72 Å². The Hall–Kier alpha value is -2.37. The van der Waals surface area contributed by atoms with Crippen molar-refractivity contribution in [1.29, 1.82) is 0 Å². The number of benzene rings is 1. The van der Waals surface area contributed by atoms with E-state index in [-0.39, 0.29) is 6.10 Å². The van der Waals surface area contributed by atoms with Gasteiger partial charge in [0.2, 0.25) is 0 Å². The SMILES string of the molecule is c1ccc(C2CN(Cc3cnc4ccccc4n3)CCO2)nc1. The molecule has 0 N–H and O–H groups in total. The monoisotopic (exact) mass is 306 g/mol. The zero-order valence-corrected chi connectivity index (χ0v) is 12.8. The number of nitrogens with zero attached hydrogens (tertiary/aromatic N) is 4. The van der Waals surface area contributed by atoms with Gasteiger partial charge in [-0.25, -0.2) is 4.98 Å². The van der Waals surface area contributed by atoms with Crippen molar-refractivity contribution < 1.29 is 4.74 Å². The molecule has 1 fully saturated rings. The number of pyridine rings is 1. The first-order valence-corrected chi connectivity index (χ1v) is 7.84. The maximum atomic E-state index is 5.86. The molecule has 1 unspecified atom stereocenters. The summed E-state index contributed by atoms with van der Waals surface area (Å²) >= 11 is 0. The van der Waals surface area contributed by atoms with Crippen LogP contribution < -0.4 is 0 Å². The Morgan fingerprint density at radius 2 is 1.91 bits per heavy atom. The molecule has 0 saturated carbocycles. The molecule has 3 heterocycles. The molecule has 116 valence electrons. The zero-order chi connectivity index (χ0) is 15.5. The molecular formula is C18H18N4O. The number of ether oxygens (including phenoxy) is 1. The third kappa shape index (κ3) is 3.21. The van der Waals surface area contributed by atoms with Crippen LogP contribution in [0.1, 0.15) is 17.5 Å². The quantitative estimate of drug-likeness (QED) is 0.744. The van der Waals surface area contributed by atoms with Gasteiger partial charge in [-0.15, -0.1) is 0 Å².